The fraction of sp³-hybridized carbons (Fsp3) is 0.333. The van der Waals surface area contributed by atoms with E-state index in [0.29, 0.717) is 0 Å². The van der Waals surface area contributed by atoms with E-state index < -0.39 is 72.1 Å². The second-order valence-corrected chi connectivity index (χ2v) is 12.6. The number of nitrogens with zero attached hydrogens (tertiary/aromatic N) is 4. The summed E-state index contributed by atoms with van der Waals surface area (Å²) in [6.07, 6.45) is -0.697. The van der Waals surface area contributed by atoms with Crippen LogP contribution in [0.25, 0.3) is 10.4 Å². The Bertz CT molecular complexity index is 1690. The molecular formula is C24H25FN5O9PS. The number of ether oxygens (including phenoxy) is 1. The maximum atomic E-state index is 13.6. The van der Waals surface area contributed by atoms with Gasteiger partial charge in [0.25, 0.3) is 5.56 Å². The molecule has 17 heteroatoms. The quantitative estimate of drug-likeness (QED) is 0.138. The molecule has 1 aliphatic heterocycles. The van der Waals surface area contributed by atoms with Crippen molar-refractivity contribution in [3.05, 3.63) is 103 Å². The van der Waals surface area contributed by atoms with Crippen LogP contribution in [-0.4, -0.2) is 49.1 Å². The highest BCUT2D eigenvalue weighted by atomic mass is 32.2. The first-order valence-corrected chi connectivity index (χ1v) is 15.2. The van der Waals surface area contributed by atoms with Crippen molar-refractivity contribution in [3.8, 4) is 5.75 Å². The van der Waals surface area contributed by atoms with Crippen LogP contribution in [0.3, 0.4) is 0 Å². The summed E-state index contributed by atoms with van der Waals surface area (Å²) in [6.45, 7) is 0.379. The van der Waals surface area contributed by atoms with Crippen molar-refractivity contribution in [3.63, 3.8) is 0 Å². The molecule has 2 heterocycles. The summed E-state index contributed by atoms with van der Waals surface area (Å²) < 4.78 is 75.4. The highest BCUT2D eigenvalue weighted by Gasteiger charge is 2.39. The summed E-state index contributed by atoms with van der Waals surface area (Å²) in [5.41, 5.74) is 7.94. The number of phosphoric ester groups is 1. The second-order valence-electron chi connectivity index (χ2n) is 8.87. The number of sulfone groups is 1. The van der Waals surface area contributed by atoms with Crippen LogP contribution in [0.15, 0.2) is 80.4 Å². The van der Waals surface area contributed by atoms with Gasteiger partial charge in [0.15, 0.2) is 9.84 Å². The van der Waals surface area contributed by atoms with Crippen LogP contribution in [0.4, 0.5) is 4.39 Å². The van der Waals surface area contributed by atoms with E-state index in [1.807, 2.05) is 0 Å². The Balaban J connectivity index is 1.51. The number of H-pyrrole nitrogens is 1. The minimum absolute atomic E-state index is 0.0166. The maximum Gasteiger partial charge on any atom is 0.530 e. The third-order valence-electron chi connectivity index (χ3n) is 5.99. The van der Waals surface area contributed by atoms with Crippen molar-refractivity contribution in [2.24, 2.45) is 5.11 Å². The molecule has 0 amide bonds. The zero-order valence-electron chi connectivity index (χ0n) is 21.5. The lowest BCUT2D eigenvalue weighted by molar-refractivity contribution is -0.0277. The third-order valence-corrected chi connectivity index (χ3v) is 9.08. The lowest BCUT2D eigenvalue weighted by Crippen LogP contribution is -2.33. The molecule has 3 aromatic rings. The van der Waals surface area contributed by atoms with Crippen LogP contribution in [0, 0.1) is 12.7 Å². The van der Waals surface area contributed by atoms with E-state index in [4.69, 9.17) is 23.8 Å². The van der Waals surface area contributed by atoms with E-state index in [0.717, 1.165) is 16.7 Å². The standard InChI is InChI=1S/C24H25FN5O9PS/c1-16-14-30(24(32)27-23(16)31)22-13-20(28-29-26)21(38-22)15-37-40(33,39-18-9-7-17(25)8-10-18)36-11-12-41(34,35)19-5-3-2-4-6-19/h2-10,14,20-22H,11-13,15H2,1H3,(H,27,31,32)/t20-,21+,22+,40?/m0/s1. The largest absolute Gasteiger partial charge is 0.530 e. The molecular weight excluding hydrogens is 584 g/mol. The average Bonchev–Trinajstić information content (AvgIpc) is 3.34. The Labute approximate surface area is 232 Å². The number of halogens is 1. The lowest BCUT2D eigenvalue weighted by Gasteiger charge is -2.22. The first kappa shape index (κ1) is 30.2. The minimum Gasteiger partial charge on any atom is -0.404 e. The number of rotatable bonds is 12. The molecule has 1 aromatic heterocycles. The van der Waals surface area contributed by atoms with Gasteiger partial charge in [-0.2, -0.15) is 0 Å². The summed E-state index contributed by atoms with van der Waals surface area (Å²) in [6, 6.07) is 11.1. The zero-order valence-corrected chi connectivity index (χ0v) is 23.2. The number of hydrogen-bond acceptors (Lipinski definition) is 10. The van der Waals surface area contributed by atoms with Gasteiger partial charge < -0.3 is 9.26 Å². The monoisotopic (exact) mass is 609 g/mol. The van der Waals surface area contributed by atoms with Crippen molar-refractivity contribution in [1.82, 2.24) is 9.55 Å². The number of azide groups is 1. The van der Waals surface area contributed by atoms with Crippen molar-refractivity contribution in [2.45, 2.75) is 36.6 Å². The van der Waals surface area contributed by atoms with Gasteiger partial charge in [-0.3, -0.25) is 23.4 Å². The highest BCUT2D eigenvalue weighted by molar-refractivity contribution is 7.91. The van der Waals surface area contributed by atoms with Gasteiger partial charge in [-0.15, -0.1) is 0 Å². The van der Waals surface area contributed by atoms with Gasteiger partial charge in [-0.05, 0) is 48.9 Å². The Morgan fingerprint density at radius 2 is 1.88 bits per heavy atom. The van der Waals surface area contributed by atoms with Gasteiger partial charge in [-0.1, -0.05) is 23.3 Å². The van der Waals surface area contributed by atoms with Crippen LogP contribution in [-0.2, 0) is 28.2 Å². The summed E-state index contributed by atoms with van der Waals surface area (Å²) in [4.78, 5) is 29.0. The third kappa shape index (κ3) is 7.70. The minimum atomic E-state index is -4.57. The van der Waals surface area contributed by atoms with Crippen molar-refractivity contribution >= 4 is 17.7 Å². The van der Waals surface area contributed by atoms with Gasteiger partial charge in [0, 0.05) is 23.1 Å². The number of aromatic nitrogens is 2. The second kappa shape index (κ2) is 12.8. The maximum absolute atomic E-state index is 13.6. The molecule has 4 rings (SSSR count). The molecule has 14 nitrogen and oxygen atoms in total. The SMILES string of the molecule is Cc1cn([C@H]2C[C@H](N=[N+]=[N-])[C@@H](COP(=O)(OCCS(=O)(=O)c3ccccc3)Oc3ccc(F)cc3)O2)c(=O)[nH]c1=O. The fourth-order valence-electron chi connectivity index (χ4n) is 3.91. The number of aryl methyl sites for hydroxylation is 1. The van der Waals surface area contributed by atoms with Gasteiger partial charge >= 0.3 is 13.5 Å². The number of nitrogens with one attached hydrogen (secondary N) is 1. The predicted octanol–water partition coefficient (Wildman–Crippen LogP) is 3.64. The van der Waals surface area contributed by atoms with E-state index >= 15 is 0 Å². The van der Waals surface area contributed by atoms with Gasteiger partial charge in [0.2, 0.25) is 0 Å². The molecule has 41 heavy (non-hydrogen) atoms. The van der Waals surface area contributed by atoms with Crippen molar-refractivity contribution < 1.29 is 35.7 Å². The van der Waals surface area contributed by atoms with Crippen LogP contribution >= 0.6 is 7.82 Å². The summed E-state index contributed by atoms with van der Waals surface area (Å²) in [5.74, 6) is -1.24. The molecule has 4 atom stereocenters. The topological polar surface area (TPSA) is 192 Å². The van der Waals surface area contributed by atoms with Gasteiger partial charge in [0.05, 0.1) is 36.0 Å². The van der Waals surface area contributed by atoms with Gasteiger partial charge in [-0.25, -0.2) is 22.2 Å². The lowest BCUT2D eigenvalue weighted by atomic mass is 10.1. The van der Waals surface area contributed by atoms with Crippen molar-refractivity contribution in [2.75, 3.05) is 19.0 Å². The summed E-state index contributed by atoms with van der Waals surface area (Å²) >= 11 is 0. The summed E-state index contributed by atoms with van der Waals surface area (Å²) in [7, 11) is -8.37. The molecule has 0 aliphatic carbocycles. The zero-order chi connectivity index (χ0) is 29.6. The van der Waals surface area contributed by atoms with Crippen LogP contribution < -0.4 is 15.8 Å². The molecule has 0 bridgehead atoms. The smallest absolute Gasteiger partial charge is 0.404 e. The molecule has 2 aromatic carbocycles. The van der Waals surface area contributed by atoms with E-state index in [-0.39, 0.29) is 22.6 Å². The number of hydrogen-bond donors (Lipinski definition) is 1. The Hall–Kier alpha value is -3.78. The van der Waals surface area contributed by atoms with Crippen LogP contribution in [0.1, 0.15) is 18.2 Å². The Morgan fingerprint density at radius 3 is 2.56 bits per heavy atom. The average molecular weight is 610 g/mol. The van der Waals surface area contributed by atoms with E-state index in [9.17, 15) is 27.0 Å². The first-order valence-electron chi connectivity index (χ1n) is 12.1. The highest BCUT2D eigenvalue weighted by Crippen LogP contribution is 2.50. The molecule has 218 valence electrons. The molecule has 1 unspecified atom stereocenters. The number of benzene rings is 2. The Kier molecular flexibility index (Phi) is 9.43. The Morgan fingerprint density at radius 1 is 1.17 bits per heavy atom. The van der Waals surface area contributed by atoms with E-state index in [2.05, 4.69) is 15.0 Å². The summed E-state index contributed by atoms with van der Waals surface area (Å²) in [5, 5.41) is 3.67. The van der Waals surface area contributed by atoms with E-state index in [1.165, 1.54) is 37.4 Å². The molecule has 0 radical (unpaired) electrons. The van der Waals surface area contributed by atoms with Crippen molar-refractivity contribution in [1.29, 1.82) is 0 Å². The molecule has 0 spiro atoms. The number of phosphoric acid groups is 1. The molecule has 1 aliphatic rings. The van der Waals surface area contributed by atoms with E-state index in [1.54, 1.807) is 18.2 Å². The van der Waals surface area contributed by atoms with Crippen LogP contribution in [0.2, 0.25) is 0 Å². The first-order chi connectivity index (χ1) is 19.5. The fourth-order valence-corrected chi connectivity index (χ4v) is 6.35. The molecule has 1 N–H and O–H groups in total. The molecule has 1 saturated heterocycles. The molecule has 1 fully saturated rings. The van der Waals surface area contributed by atoms with Crippen LogP contribution in [0.5, 0.6) is 5.75 Å². The number of aromatic amines is 1. The van der Waals surface area contributed by atoms with Gasteiger partial charge in [0.1, 0.15) is 17.8 Å². The predicted molar refractivity (Wildman–Crippen MR) is 143 cm³/mol. The normalized spacial score (nSPS) is 20.2. The molecule has 0 saturated carbocycles.